The number of amides is 16. The summed E-state index contributed by atoms with van der Waals surface area (Å²) in [6.45, 7) is -2.02. The maximum atomic E-state index is 14.9. The highest BCUT2D eigenvalue weighted by Crippen LogP contribution is 2.26. The van der Waals surface area contributed by atoms with Gasteiger partial charge in [-0.25, -0.2) is 0 Å². The Balaban J connectivity index is 1.18. The number of nitrogens with two attached hydrogens (primary N) is 1. The van der Waals surface area contributed by atoms with Crippen LogP contribution in [0, 0.1) is 0 Å². The molecule has 0 bridgehead atoms. The number of para-hydroxylation sites is 1. The highest BCUT2D eigenvalue weighted by Gasteiger charge is 2.45. The molecule has 2 aromatic carbocycles. The highest BCUT2D eigenvalue weighted by atomic mass is 32.2. The van der Waals surface area contributed by atoms with Crippen molar-refractivity contribution in [1.29, 1.82) is 0 Å². The molecule has 616 valence electrons. The van der Waals surface area contributed by atoms with Crippen LogP contribution in [-0.4, -0.2) is 312 Å². The summed E-state index contributed by atoms with van der Waals surface area (Å²) >= 11 is 0.776. The SMILES string of the molecule is CCCC[C@H]1C(=O)N[C@@H](C)C(=O)N[C@H](C(=O)NCC(N)=O)CSCC(=O)N[C@@H](Cc2ccc(O)cc2)C(=O)N2CCCC[C@H]2C(=O)N[C@@H](CC(=O)O)C(=O)N2CCC[C@H]2C(=O)NCC(=O)N[C@@H](CCC(=O)O)C(=O)N2C[C@H](O)C[C@H]2C(=O)NCC(=O)N[C@@H](CO)C(=O)N[C@@H](Cc2c[nH]c3ccccc23)C(=O)N(C)CC(=O)N1C. The van der Waals surface area contributed by atoms with Crippen LogP contribution in [0.5, 0.6) is 5.75 Å². The quantitative estimate of drug-likeness (QED) is 0.0634. The Labute approximate surface area is 652 Å². The summed E-state index contributed by atoms with van der Waals surface area (Å²) < 4.78 is 0. The predicted molar refractivity (Wildman–Crippen MR) is 399 cm³/mol. The zero-order valence-electron chi connectivity index (χ0n) is 62.9. The van der Waals surface area contributed by atoms with E-state index in [-0.39, 0.29) is 57.4 Å². The minimum absolute atomic E-state index is 0.0216. The molecular weight excluding hydrogens is 1500 g/mol. The average Bonchev–Trinajstić information content (AvgIpc) is 1.77. The van der Waals surface area contributed by atoms with E-state index in [1.807, 2.05) is 6.92 Å². The van der Waals surface area contributed by atoms with Gasteiger partial charge in [-0.2, -0.15) is 0 Å². The number of fused-ring (bicyclic) bond motifs is 4. The largest absolute Gasteiger partial charge is 0.508 e. The molecule has 0 spiro atoms. The predicted octanol–water partition coefficient (Wildman–Crippen LogP) is -6.21. The molecule has 16 amide bonds. The molecule has 5 heterocycles. The Hall–Kier alpha value is -11.5. The molecular formula is C72H99N17O23S. The first-order chi connectivity index (χ1) is 53.7. The van der Waals surface area contributed by atoms with E-state index in [2.05, 4.69) is 58.2 Å². The second-order valence-electron chi connectivity index (χ2n) is 28.0. The van der Waals surface area contributed by atoms with E-state index in [1.54, 1.807) is 30.5 Å². The third kappa shape index (κ3) is 25.5. The molecule has 3 aromatic rings. The van der Waals surface area contributed by atoms with Crippen molar-refractivity contribution in [2.24, 2.45) is 5.73 Å². The van der Waals surface area contributed by atoms with Crippen molar-refractivity contribution >= 4 is 129 Å². The maximum Gasteiger partial charge on any atom is 0.305 e. The van der Waals surface area contributed by atoms with Gasteiger partial charge >= 0.3 is 11.9 Å². The number of aromatic nitrogens is 1. The van der Waals surface area contributed by atoms with Crippen molar-refractivity contribution in [3.8, 4) is 5.75 Å². The first kappa shape index (κ1) is 88.7. The maximum absolute atomic E-state index is 14.9. The second-order valence-corrected chi connectivity index (χ2v) is 29.1. The number of primary amides is 1. The smallest absolute Gasteiger partial charge is 0.305 e. The standard InChI is InChI=1S/C72H99N17O23S/c1-5-6-14-51-67(107)78-38(2)62(102)84-50(63(103)75-30-55(73)93)36-113-37-58(96)80-46(25-39-17-19-41(91)20-18-39)71(111)87-23-10-9-15-53(87)68(108)83-48(28-61(100)101)72(112)88-24-11-16-52(88)65(105)76-31-56(94)79-45(21-22-60(98)99)70(110)89-33-42(92)27-54(89)66(106)77-32-57(95)81-49(35-90)64(104)82-47(69(109)85(3)34-59(97)86(51)4)26-40-29-74-44-13-8-7-12-43(40)44/h7-8,12-13,17-20,29,38,42,45-54,74,90-92H,5-6,9-11,14-16,21-28,30-37H2,1-4H3,(H2,73,93)(H,75,103)(H,76,105)(H,77,106)(H,78,107)(H,79,94)(H,80,96)(H,81,95)(H,82,104)(H,83,108)(H,84,102)(H,98,99)(H,100,101)/t38-,42+,45-,46-,47-,48-,49-,50-,51-,52-,53-,54-/m0/s1. The molecule has 1 aromatic heterocycles. The molecule has 4 saturated heterocycles. The number of aliphatic carboxylic acids is 2. The third-order valence-electron chi connectivity index (χ3n) is 19.6. The minimum Gasteiger partial charge on any atom is -0.508 e. The minimum atomic E-state index is -1.86. The van der Waals surface area contributed by atoms with Crippen molar-refractivity contribution in [2.75, 3.05) is 78.0 Å². The van der Waals surface area contributed by atoms with Crippen molar-refractivity contribution in [1.82, 2.24) is 82.7 Å². The molecule has 0 unspecified atom stereocenters. The number of carboxylic acid groups (broad SMARTS) is 2. The number of carboxylic acids is 2. The number of aliphatic hydroxyl groups is 2. The molecule has 0 saturated carbocycles. The first-order valence-corrected chi connectivity index (χ1v) is 38.1. The van der Waals surface area contributed by atoms with Gasteiger partial charge in [0, 0.05) is 82.3 Å². The number of aromatic hydroxyl groups is 1. The summed E-state index contributed by atoms with van der Waals surface area (Å²) in [5, 5.41) is 76.1. The lowest BCUT2D eigenvalue weighted by molar-refractivity contribution is -0.149. The number of hydrogen-bond donors (Lipinski definition) is 17. The fraction of sp³-hybridized carbons (Fsp3) is 0.556. The van der Waals surface area contributed by atoms with Gasteiger partial charge in [-0.05, 0) is 81.2 Å². The average molecular weight is 1600 g/mol. The number of unbranched alkanes of at least 4 members (excludes halogenated alkanes) is 1. The molecule has 7 rings (SSSR count). The van der Waals surface area contributed by atoms with E-state index < -0.39 is 256 Å². The van der Waals surface area contributed by atoms with Crippen molar-refractivity contribution in [3.63, 3.8) is 0 Å². The number of piperidine rings is 1. The molecule has 4 aliphatic rings. The number of aromatic amines is 1. The van der Waals surface area contributed by atoms with Crippen molar-refractivity contribution in [3.05, 3.63) is 65.9 Å². The van der Waals surface area contributed by atoms with E-state index in [0.717, 1.165) is 36.3 Å². The number of likely N-dealkylation sites (N-methyl/N-ethyl adjacent to an activating group) is 2. The second kappa shape index (κ2) is 42.2. The van der Waals surface area contributed by atoms with Crippen LogP contribution in [0.15, 0.2) is 54.7 Å². The number of H-pyrrole nitrogens is 1. The third-order valence-corrected chi connectivity index (χ3v) is 20.6. The molecule has 40 nitrogen and oxygen atoms in total. The summed E-state index contributed by atoms with van der Waals surface area (Å²) in [5.41, 5.74) is 6.88. The number of benzene rings is 2. The van der Waals surface area contributed by atoms with Crippen LogP contribution in [0.2, 0.25) is 0 Å². The van der Waals surface area contributed by atoms with Gasteiger partial charge in [0.1, 0.15) is 72.2 Å². The van der Waals surface area contributed by atoms with Gasteiger partial charge in [0.25, 0.3) is 0 Å². The Morgan fingerprint density at radius 1 is 0.619 bits per heavy atom. The van der Waals surface area contributed by atoms with Crippen LogP contribution >= 0.6 is 11.8 Å². The molecule has 113 heavy (non-hydrogen) atoms. The normalized spacial score (nSPS) is 25.8. The summed E-state index contributed by atoms with van der Waals surface area (Å²) in [7, 11) is 2.52. The number of hydrogen-bond acceptors (Lipinski definition) is 22. The zero-order valence-corrected chi connectivity index (χ0v) is 63.7. The first-order valence-electron chi connectivity index (χ1n) is 36.9. The number of aliphatic hydroxyl groups excluding tert-OH is 2. The molecule has 12 atom stereocenters. The van der Waals surface area contributed by atoms with E-state index >= 15 is 0 Å². The zero-order chi connectivity index (χ0) is 82.9. The van der Waals surface area contributed by atoms with Gasteiger partial charge in [-0.15, -0.1) is 11.8 Å². The Morgan fingerprint density at radius 3 is 1.88 bits per heavy atom. The van der Waals surface area contributed by atoms with Crippen molar-refractivity contribution in [2.45, 2.75) is 176 Å². The lowest BCUT2D eigenvalue weighted by Gasteiger charge is -2.38. The molecule has 4 fully saturated rings. The number of thioether (sulfide) groups is 1. The molecule has 0 radical (unpaired) electrons. The number of nitrogens with zero attached hydrogens (tertiary/aromatic N) is 5. The number of rotatable bonds is 16. The lowest BCUT2D eigenvalue weighted by atomic mass is 9.97. The van der Waals surface area contributed by atoms with Gasteiger partial charge in [-0.1, -0.05) is 50.1 Å². The van der Waals surface area contributed by atoms with Crippen molar-refractivity contribution < 1.29 is 112 Å². The van der Waals surface area contributed by atoms with Crippen LogP contribution in [0.3, 0.4) is 0 Å². The van der Waals surface area contributed by atoms with Crippen LogP contribution in [0.1, 0.15) is 102 Å². The van der Waals surface area contributed by atoms with E-state index in [4.69, 9.17) is 5.73 Å². The molecule has 41 heteroatoms. The number of phenols is 1. The summed E-state index contributed by atoms with van der Waals surface area (Å²) in [6.07, 6.45) is -1.37. The van der Waals surface area contributed by atoms with Gasteiger partial charge in [0.05, 0.1) is 51.1 Å². The van der Waals surface area contributed by atoms with Crippen LogP contribution in [0.25, 0.3) is 10.9 Å². The van der Waals surface area contributed by atoms with Crippen LogP contribution in [-0.2, 0) is 99.1 Å². The fourth-order valence-electron chi connectivity index (χ4n) is 13.5. The van der Waals surface area contributed by atoms with Gasteiger partial charge < -0.3 is 114 Å². The summed E-state index contributed by atoms with van der Waals surface area (Å²) in [5.74, 6) is -19.5. The number of carbonyl (C=O) groups excluding carboxylic acids is 16. The van der Waals surface area contributed by atoms with E-state index in [9.17, 15) is 112 Å². The van der Waals surface area contributed by atoms with Gasteiger partial charge in [-0.3, -0.25) is 86.3 Å². The van der Waals surface area contributed by atoms with Crippen LogP contribution in [0.4, 0.5) is 0 Å². The van der Waals surface area contributed by atoms with E-state index in [0.29, 0.717) is 47.7 Å². The number of phenolic OH excluding ortho intramolecular Hbond substituents is 1. The van der Waals surface area contributed by atoms with Crippen LogP contribution < -0.4 is 58.9 Å². The summed E-state index contributed by atoms with van der Waals surface area (Å²) in [6, 6.07) is -4.52. The molecule has 4 aliphatic heterocycles. The number of carbonyl (C=O) groups is 18. The number of nitrogens with one attached hydrogen (secondary N) is 11. The highest BCUT2D eigenvalue weighted by molar-refractivity contribution is 8.00. The Morgan fingerprint density at radius 2 is 1.22 bits per heavy atom. The van der Waals surface area contributed by atoms with Gasteiger partial charge in [0.2, 0.25) is 94.5 Å². The topological polar surface area (TPSA) is 587 Å². The summed E-state index contributed by atoms with van der Waals surface area (Å²) in [4.78, 5) is 257. The Bertz CT molecular complexity index is 4030. The fourth-order valence-corrected chi connectivity index (χ4v) is 14.4. The van der Waals surface area contributed by atoms with Gasteiger partial charge in [0.15, 0.2) is 0 Å². The van der Waals surface area contributed by atoms with E-state index in [1.165, 1.54) is 45.3 Å². The molecule has 18 N–H and O–H groups in total. The monoisotopic (exact) mass is 1600 g/mol. The lowest BCUT2D eigenvalue weighted by Crippen LogP contribution is -2.61. The Kier molecular flexibility index (Phi) is 33.2. The molecule has 0 aliphatic carbocycles.